The summed E-state index contributed by atoms with van der Waals surface area (Å²) in [6, 6.07) is 8.52. The summed E-state index contributed by atoms with van der Waals surface area (Å²) in [5.74, 6) is 2.70. The van der Waals surface area contributed by atoms with Gasteiger partial charge in [0, 0.05) is 30.1 Å². The van der Waals surface area contributed by atoms with E-state index >= 15 is 0 Å². The van der Waals surface area contributed by atoms with Gasteiger partial charge in [-0.2, -0.15) is 0 Å². The molecule has 0 aliphatic rings. The average Bonchev–Trinajstić information content (AvgIpc) is 2.72. The lowest BCUT2D eigenvalue weighted by atomic mass is 10.1. The van der Waals surface area contributed by atoms with Gasteiger partial charge in [-0.15, -0.1) is 12.3 Å². The van der Waals surface area contributed by atoms with Crippen molar-refractivity contribution in [3.63, 3.8) is 0 Å². The molecule has 88 valence electrons. The Morgan fingerprint density at radius 1 is 1.35 bits per heavy atom. The number of para-hydroxylation sites is 1. The van der Waals surface area contributed by atoms with E-state index in [0.29, 0.717) is 0 Å². The molecule has 1 aromatic heterocycles. The maximum Gasteiger partial charge on any atom is 0.0483 e. The number of benzene rings is 1. The molecule has 0 amide bonds. The second-order valence-electron chi connectivity index (χ2n) is 4.17. The van der Waals surface area contributed by atoms with Gasteiger partial charge >= 0.3 is 0 Å². The average molecular weight is 226 g/mol. The predicted octanol–water partition coefficient (Wildman–Crippen LogP) is 2.43. The van der Waals surface area contributed by atoms with E-state index in [-0.39, 0.29) is 0 Å². The third-order valence-corrected chi connectivity index (χ3v) is 3.01. The lowest BCUT2D eigenvalue weighted by molar-refractivity contribution is 0.738. The Bertz CT molecular complexity index is 531. The zero-order chi connectivity index (χ0) is 12.1. The number of terminal acetylenes is 1. The maximum absolute atomic E-state index is 5.33. The van der Waals surface area contributed by atoms with E-state index in [1.807, 2.05) is 7.05 Å². The molecule has 0 bridgehead atoms. The molecular formula is C15H18N2. The van der Waals surface area contributed by atoms with Gasteiger partial charge in [0.15, 0.2) is 0 Å². The van der Waals surface area contributed by atoms with Crippen molar-refractivity contribution in [1.82, 2.24) is 9.88 Å². The Morgan fingerprint density at radius 3 is 2.94 bits per heavy atom. The fraction of sp³-hybridized carbons (Fsp3) is 0.333. The minimum Gasteiger partial charge on any atom is -0.346 e. The van der Waals surface area contributed by atoms with E-state index in [2.05, 4.69) is 46.3 Å². The van der Waals surface area contributed by atoms with Crippen LogP contribution in [0.4, 0.5) is 0 Å². The van der Waals surface area contributed by atoms with E-state index < -0.39 is 0 Å². The van der Waals surface area contributed by atoms with Crippen LogP contribution in [-0.2, 0) is 13.0 Å². The van der Waals surface area contributed by atoms with Gasteiger partial charge in [-0.3, -0.25) is 0 Å². The first-order valence-electron chi connectivity index (χ1n) is 6.01. The molecule has 0 aliphatic heterocycles. The third kappa shape index (κ3) is 2.51. The number of hydrogen-bond donors (Lipinski definition) is 1. The Balaban J connectivity index is 2.36. The van der Waals surface area contributed by atoms with Gasteiger partial charge < -0.3 is 9.88 Å². The Kier molecular flexibility index (Phi) is 3.85. The van der Waals surface area contributed by atoms with E-state index in [4.69, 9.17) is 6.42 Å². The van der Waals surface area contributed by atoms with E-state index in [1.165, 1.54) is 16.5 Å². The monoisotopic (exact) mass is 226 g/mol. The largest absolute Gasteiger partial charge is 0.346 e. The molecule has 0 unspecified atom stereocenters. The highest BCUT2D eigenvalue weighted by molar-refractivity contribution is 5.84. The van der Waals surface area contributed by atoms with Gasteiger partial charge in [-0.05, 0) is 31.6 Å². The molecule has 0 saturated heterocycles. The smallest absolute Gasteiger partial charge is 0.0483 e. The van der Waals surface area contributed by atoms with Crippen molar-refractivity contribution in [2.75, 3.05) is 13.6 Å². The van der Waals surface area contributed by atoms with Crippen LogP contribution in [0.2, 0.25) is 0 Å². The van der Waals surface area contributed by atoms with Crippen LogP contribution in [0.25, 0.3) is 10.9 Å². The van der Waals surface area contributed by atoms with Crippen molar-refractivity contribution in [3.05, 3.63) is 36.0 Å². The second kappa shape index (κ2) is 5.56. The topological polar surface area (TPSA) is 17.0 Å². The number of aromatic nitrogens is 1. The molecule has 2 aromatic rings. The SMILES string of the molecule is C#CCCn1cc(CCNC)c2ccccc21. The van der Waals surface area contributed by atoms with Crippen molar-refractivity contribution in [2.45, 2.75) is 19.4 Å². The molecule has 0 saturated carbocycles. The molecule has 0 spiro atoms. The zero-order valence-electron chi connectivity index (χ0n) is 10.2. The molecule has 0 fully saturated rings. The molecule has 0 aliphatic carbocycles. The number of rotatable bonds is 5. The van der Waals surface area contributed by atoms with Gasteiger partial charge in [-0.25, -0.2) is 0 Å². The van der Waals surface area contributed by atoms with Crippen LogP contribution in [0.1, 0.15) is 12.0 Å². The number of hydrogen-bond acceptors (Lipinski definition) is 1. The predicted molar refractivity (Wildman–Crippen MR) is 73.0 cm³/mol. The lowest BCUT2D eigenvalue weighted by Crippen LogP contribution is -2.09. The summed E-state index contributed by atoms with van der Waals surface area (Å²) in [5, 5.41) is 4.54. The van der Waals surface area contributed by atoms with E-state index in [0.717, 1.165) is 25.9 Å². The molecule has 1 aromatic carbocycles. The Hall–Kier alpha value is -1.72. The van der Waals surface area contributed by atoms with Crippen molar-refractivity contribution >= 4 is 10.9 Å². The van der Waals surface area contributed by atoms with Crippen LogP contribution in [-0.4, -0.2) is 18.2 Å². The van der Waals surface area contributed by atoms with Crippen molar-refractivity contribution in [3.8, 4) is 12.3 Å². The standard InChI is InChI=1S/C15H18N2/c1-3-4-11-17-12-13(9-10-16-2)14-7-5-6-8-15(14)17/h1,5-8,12,16H,4,9-11H2,2H3. The fourth-order valence-electron chi connectivity index (χ4n) is 2.15. The van der Waals surface area contributed by atoms with Gasteiger partial charge in [0.2, 0.25) is 0 Å². The highest BCUT2D eigenvalue weighted by Gasteiger charge is 2.06. The molecule has 1 heterocycles. The normalized spacial score (nSPS) is 10.6. The van der Waals surface area contributed by atoms with Gasteiger partial charge in [0.25, 0.3) is 0 Å². The number of likely N-dealkylation sites (N-methyl/N-ethyl adjacent to an activating group) is 1. The molecule has 0 radical (unpaired) electrons. The highest BCUT2D eigenvalue weighted by Crippen LogP contribution is 2.21. The fourth-order valence-corrected chi connectivity index (χ4v) is 2.15. The van der Waals surface area contributed by atoms with Crippen LogP contribution in [0.3, 0.4) is 0 Å². The zero-order valence-corrected chi connectivity index (χ0v) is 10.2. The summed E-state index contributed by atoms with van der Waals surface area (Å²) >= 11 is 0. The van der Waals surface area contributed by atoms with Gasteiger partial charge in [0.05, 0.1) is 0 Å². The first-order valence-corrected chi connectivity index (χ1v) is 6.01. The van der Waals surface area contributed by atoms with Crippen molar-refractivity contribution < 1.29 is 0 Å². The van der Waals surface area contributed by atoms with Crippen LogP contribution in [0, 0.1) is 12.3 Å². The number of fused-ring (bicyclic) bond motifs is 1. The highest BCUT2D eigenvalue weighted by atomic mass is 15.0. The third-order valence-electron chi connectivity index (χ3n) is 3.01. The first kappa shape index (κ1) is 11.8. The van der Waals surface area contributed by atoms with Gasteiger partial charge in [-0.1, -0.05) is 18.2 Å². The van der Waals surface area contributed by atoms with E-state index in [1.54, 1.807) is 0 Å². The van der Waals surface area contributed by atoms with Crippen LogP contribution < -0.4 is 5.32 Å². The molecule has 0 atom stereocenters. The summed E-state index contributed by atoms with van der Waals surface area (Å²) in [6.07, 6.45) is 9.41. The van der Waals surface area contributed by atoms with Crippen molar-refractivity contribution in [2.24, 2.45) is 0 Å². The quantitative estimate of drug-likeness (QED) is 0.775. The number of aryl methyl sites for hydroxylation is 1. The number of nitrogens with zero attached hydrogens (tertiary/aromatic N) is 1. The molecular weight excluding hydrogens is 208 g/mol. The summed E-state index contributed by atoms with van der Waals surface area (Å²) in [4.78, 5) is 0. The Morgan fingerprint density at radius 2 is 2.18 bits per heavy atom. The first-order chi connectivity index (χ1) is 8.36. The van der Waals surface area contributed by atoms with Crippen molar-refractivity contribution in [1.29, 1.82) is 0 Å². The molecule has 2 heteroatoms. The summed E-state index contributed by atoms with van der Waals surface area (Å²) in [6.45, 7) is 1.90. The van der Waals surface area contributed by atoms with Gasteiger partial charge in [0.1, 0.15) is 0 Å². The van der Waals surface area contributed by atoms with Crippen LogP contribution in [0.15, 0.2) is 30.5 Å². The summed E-state index contributed by atoms with van der Waals surface area (Å²) < 4.78 is 2.26. The second-order valence-corrected chi connectivity index (χ2v) is 4.17. The van der Waals surface area contributed by atoms with E-state index in [9.17, 15) is 0 Å². The summed E-state index contributed by atoms with van der Waals surface area (Å²) in [5.41, 5.74) is 2.68. The minimum absolute atomic E-state index is 0.782. The molecule has 2 rings (SSSR count). The molecule has 1 N–H and O–H groups in total. The van der Waals surface area contributed by atoms with Crippen LogP contribution in [0.5, 0.6) is 0 Å². The Labute approximate surface area is 103 Å². The number of nitrogens with one attached hydrogen (secondary N) is 1. The summed E-state index contributed by atoms with van der Waals surface area (Å²) in [7, 11) is 1.98. The lowest BCUT2D eigenvalue weighted by Gasteiger charge is -2.00. The maximum atomic E-state index is 5.33. The van der Waals surface area contributed by atoms with Crippen LogP contribution >= 0.6 is 0 Å². The molecule has 2 nitrogen and oxygen atoms in total. The minimum atomic E-state index is 0.782. The molecule has 17 heavy (non-hydrogen) atoms.